The van der Waals surface area contributed by atoms with Gasteiger partial charge >= 0.3 is 0 Å². The van der Waals surface area contributed by atoms with E-state index in [1.165, 1.54) is 141 Å². The molecule has 0 fully saturated rings. The van der Waals surface area contributed by atoms with Crippen LogP contribution in [-0.4, -0.2) is 18.2 Å². The molecule has 0 rings (SSSR count). The Hall–Kier alpha value is -0.860. The Morgan fingerprint density at radius 2 is 0.686 bits per heavy atom. The number of hydrogen-bond donors (Lipinski definition) is 1. The molecule has 0 bridgehead atoms. The molecule has 208 valence electrons. The molecule has 1 N–H and O–H groups in total. The van der Waals surface area contributed by atoms with E-state index < -0.39 is 0 Å². The Kier molecular flexibility index (Phi) is 28.6. The first-order chi connectivity index (χ1) is 17.2. The number of nitrogens with one attached hydrogen (secondary N) is 1. The van der Waals surface area contributed by atoms with Crippen LogP contribution >= 0.6 is 0 Å². The molecular formula is C32H63NO2. The Balaban J connectivity index is 3.29. The van der Waals surface area contributed by atoms with Crippen LogP contribution in [0.1, 0.15) is 187 Å². The molecule has 0 aliphatic rings. The van der Waals surface area contributed by atoms with Gasteiger partial charge in [0, 0.05) is 13.0 Å². The Labute approximate surface area is 220 Å². The molecule has 0 radical (unpaired) electrons. The highest BCUT2D eigenvalue weighted by Crippen LogP contribution is 2.14. The maximum atomic E-state index is 12.0. The average Bonchev–Trinajstić information content (AvgIpc) is 2.86. The molecular weight excluding hydrogens is 430 g/mol. The normalized spacial score (nSPS) is 11.1. The van der Waals surface area contributed by atoms with Gasteiger partial charge in [-0.05, 0) is 12.8 Å². The second-order valence-corrected chi connectivity index (χ2v) is 10.9. The van der Waals surface area contributed by atoms with Crippen molar-refractivity contribution in [2.75, 3.05) is 6.54 Å². The molecule has 0 aromatic rings. The summed E-state index contributed by atoms with van der Waals surface area (Å²) in [5.41, 5.74) is 0. The molecule has 0 aliphatic heterocycles. The van der Waals surface area contributed by atoms with E-state index in [1.54, 1.807) is 0 Å². The molecule has 0 atom stereocenters. The van der Waals surface area contributed by atoms with Gasteiger partial charge in [-0.2, -0.15) is 0 Å². The molecule has 0 saturated carbocycles. The third-order valence-electron chi connectivity index (χ3n) is 7.33. The third-order valence-corrected chi connectivity index (χ3v) is 7.33. The standard InChI is InChI=1S/C32H63NO2/c1-3-5-7-9-11-13-15-17-18-19-21-23-25-27-29-31(34)32(35)33-30-28-26-24-22-20-16-14-12-10-8-6-4-2/h3-30H2,1-2H3,(H,33,35). The van der Waals surface area contributed by atoms with E-state index in [9.17, 15) is 9.59 Å². The monoisotopic (exact) mass is 493 g/mol. The SMILES string of the molecule is CCCCCCCCCCCCCCCCC(=O)C(=O)NCCCCCCCCCCCCCC. The van der Waals surface area contributed by atoms with Crippen LogP contribution in [-0.2, 0) is 9.59 Å². The summed E-state index contributed by atoms with van der Waals surface area (Å²) < 4.78 is 0. The van der Waals surface area contributed by atoms with Gasteiger partial charge in [-0.1, -0.05) is 168 Å². The molecule has 0 aromatic heterocycles. The predicted octanol–water partition coefficient (Wildman–Crippen LogP) is 10.2. The summed E-state index contributed by atoms with van der Waals surface area (Å²) >= 11 is 0. The van der Waals surface area contributed by atoms with Crippen molar-refractivity contribution >= 4 is 11.7 Å². The molecule has 0 aromatic carbocycles. The van der Waals surface area contributed by atoms with E-state index in [0.717, 1.165) is 25.7 Å². The van der Waals surface area contributed by atoms with E-state index in [4.69, 9.17) is 0 Å². The number of amides is 1. The van der Waals surface area contributed by atoms with Gasteiger partial charge in [-0.25, -0.2) is 0 Å². The lowest BCUT2D eigenvalue weighted by molar-refractivity contribution is -0.138. The zero-order chi connectivity index (χ0) is 25.7. The largest absolute Gasteiger partial charge is 0.350 e. The zero-order valence-corrected chi connectivity index (χ0v) is 24.1. The molecule has 0 spiro atoms. The second-order valence-electron chi connectivity index (χ2n) is 10.9. The lowest BCUT2D eigenvalue weighted by atomic mass is 10.0. The Bertz CT molecular complexity index is 449. The summed E-state index contributed by atoms with van der Waals surface area (Å²) in [5.74, 6) is -0.578. The van der Waals surface area contributed by atoms with Gasteiger partial charge in [-0.15, -0.1) is 0 Å². The van der Waals surface area contributed by atoms with E-state index in [1.807, 2.05) is 0 Å². The fourth-order valence-corrected chi connectivity index (χ4v) is 4.86. The van der Waals surface area contributed by atoms with Crippen LogP contribution in [0.25, 0.3) is 0 Å². The van der Waals surface area contributed by atoms with Gasteiger partial charge in [0.25, 0.3) is 5.91 Å². The van der Waals surface area contributed by atoms with Gasteiger partial charge < -0.3 is 5.32 Å². The number of carbonyl (C=O) groups excluding carboxylic acids is 2. The van der Waals surface area contributed by atoms with Crippen molar-refractivity contribution < 1.29 is 9.59 Å². The molecule has 0 heterocycles. The van der Waals surface area contributed by atoms with E-state index in [0.29, 0.717) is 13.0 Å². The molecule has 3 nitrogen and oxygen atoms in total. The van der Waals surface area contributed by atoms with Crippen molar-refractivity contribution in [3.8, 4) is 0 Å². The molecule has 3 heteroatoms. The topological polar surface area (TPSA) is 46.2 Å². The first-order valence-corrected chi connectivity index (χ1v) is 16.0. The second kappa shape index (κ2) is 29.4. The van der Waals surface area contributed by atoms with Gasteiger partial charge in [0.05, 0.1) is 0 Å². The fraction of sp³-hybridized carbons (Fsp3) is 0.938. The van der Waals surface area contributed by atoms with E-state index >= 15 is 0 Å². The summed E-state index contributed by atoms with van der Waals surface area (Å²) in [6, 6.07) is 0. The zero-order valence-electron chi connectivity index (χ0n) is 24.1. The highest BCUT2D eigenvalue weighted by molar-refractivity contribution is 6.36. The van der Waals surface area contributed by atoms with Crippen molar-refractivity contribution in [2.45, 2.75) is 187 Å². The van der Waals surface area contributed by atoms with E-state index in [2.05, 4.69) is 19.2 Å². The molecule has 1 amide bonds. The van der Waals surface area contributed by atoms with Crippen LogP contribution in [0, 0.1) is 0 Å². The lowest BCUT2D eigenvalue weighted by Crippen LogP contribution is -2.31. The van der Waals surface area contributed by atoms with Crippen LogP contribution in [0.3, 0.4) is 0 Å². The molecule has 35 heavy (non-hydrogen) atoms. The van der Waals surface area contributed by atoms with Crippen molar-refractivity contribution in [1.82, 2.24) is 5.32 Å². The Morgan fingerprint density at radius 1 is 0.400 bits per heavy atom. The smallest absolute Gasteiger partial charge is 0.287 e. The highest BCUT2D eigenvalue weighted by Gasteiger charge is 2.11. The number of rotatable bonds is 29. The lowest BCUT2D eigenvalue weighted by Gasteiger charge is -2.05. The first kappa shape index (κ1) is 34.1. The maximum Gasteiger partial charge on any atom is 0.287 e. The molecule has 0 saturated heterocycles. The van der Waals surface area contributed by atoms with Gasteiger partial charge in [0.15, 0.2) is 0 Å². The van der Waals surface area contributed by atoms with Gasteiger partial charge in [-0.3, -0.25) is 9.59 Å². The first-order valence-electron chi connectivity index (χ1n) is 16.0. The fourth-order valence-electron chi connectivity index (χ4n) is 4.86. The summed E-state index contributed by atoms with van der Waals surface area (Å²) in [4.78, 5) is 23.9. The average molecular weight is 494 g/mol. The summed E-state index contributed by atoms with van der Waals surface area (Å²) in [5, 5.41) is 2.83. The van der Waals surface area contributed by atoms with Gasteiger partial charge in [0.2, 0.25) is 5.78 Å². The minimum atomic E-state index is -0.359. The number of Topliss-reactive ketones (excluding diaryl/α,β-unsaturated/α-hetero) is 1. The van der Waals surface area contributed by atoms with Crippen LogP contribution < -0.4 is 5.32 Å². The number of unbranched alkanes of at least 4 members (excludes halogenated alkanes) is 24. The number of ketones is 1. The summed E-state index contributed by atoms with van der Waals surface area (Å²) in [6.07, 6.45) is 34.4. The van der Waals surface area contributed by atoms with Crippen molar-refractivity contribution in [2.24, 2.45) is 0 Å². The minimum Gasteiger partial charge on any atom is -0.350 e. The van der Waals surface area contributed by atoms with Crippen LogP contribution in [0.15, 0.2) is 0 Å². The van der Waals surface area contributed by atoms with Crippen molar-refractivity contribution in [1.29, 1.82) is 0 Å². The highest BCUT2D eigenvalue weighted by atomic mass is 16.2. The van der Waals surface area contributed by atoms with Crippen molar-refractivity contribution in [3.63, 3.8) is 0 Å². The minimum absolute atomic E-state index is 0.220. The predicted molar refractivity (Wildman–Crippen MR) is 154 cm³/mol. The Morgan fingerprint density at radius 3 is 1.03 bits per heavy atom. The molecule has 0 aliphatic carbocycles. The third kappa shape index (κ3) is 27.6. The summed E-state index contributed by atoms with van der Waals surface area (Å²) in [6.45, 7) is 5.20. The van der Waals surface area contributed by atoms with Gasteiger partial charge in [0.1, 0.15) is 0 Å². The maximum absolute atomic E-state index is 12.0. The molecule has 0 unspecified atom stereocenters. The van der Waals surface area contributed by atoms with E-state index in [-0.39, 0.29) is 11.7 Å². The van der Waals surface area contributed by atoms with Crippen LogP contribution in [0.5, 0.6) is 0 Å². The van der Waals surface area contributed by atoms with Crippen molar-refractivity contribution in [3.05, 3.63) is 0 Å². The van der Waals surface area contributed by atoms with Crippen LogP contribution in [0.4, 0.5) is 0 Å². The number of carbonyl (C=O) groups is 2. The number of hydrogen-bond acceptors (Lipinski definition) is 2. The van der Waals surface area contributed by atoms with Crippen LogP contribution in [0.2, 0.25) is 0 Å². The quantitative estimate of drug-likeness (QED) is 0.0831. The summed E-state index contributed by atoms with van der Waals surface area (Å²) in [7, 11) is 0.